The summed E-state index contributed by atoms with van der Waals surface area (Å²) in [5.74, 6) is 0.218. The van der Waals surface area contributed by atoms with E-state index in [9.17, 15) is 4.79 Å². The standard InChI is InChI=1S/C18H14Cl2N6O/c19-13-6-5-12(14(20)9-13)10-25-8-7-17(23-25)21-18(27)11-26-16-4-2-1-3-15(16)22-24-26/h1-9H,10-11H2,(H,21,23,27). The fraction of sp³-hybridized carbons (Fsp3) is 0.111. The number of para-hydroxylation sites is 1. The highest BCUT2D eigenvalue weighted by atomic mass is 35.5. The Morgan fingerprint density at radius 2 is 1.96 bits per heavy atom. The minimum absolute atomic E-state index is 0.0520. The van der Waals surface area contributed by atoms with Crippen LogP contribution in [0.2, 0.25) is 10.0 Å². The van der Waals surface area contributed by atoms with Crippen LogP contribution in [0.5, 0.6) is 0 Å². The molecule has 2 aromatic carbocycles. The Bertz CT molecular complexity index is 1120. The van der Waals surface area contributed by atoms with Crippen LogP contribution < -0.4 is 5.32 Å². The molecule has 4 rings (SSSR count). The SMILES string of the molecule is O=C(Cn1nnc2ccccc21)Nc1ccn(Cc2ccc(Cl)cc2Cl)n1. The molecule has 1 N–H and O–H groups in total. The van der Waals surface area contributed by atoms with Gasteiger partial charge >= 0.3 is 0 Å². The third kappa shape index (κ3) is 3.94. The zero-order valence-corrected chi connectivity index (χ0v) is 15.5. The van der Waals surface area contributed by atoms with Gasteiger partial charge in [0.1, 0.15) is 12.1 Å². The van der Waals surface area contributed by atoms with Gasteiger partial charge in [0.25, 0.3) is 0 Å². The lowest BCUT2D eigenvalue weighted by Crippen LogP contribution is -2.20. The molecule has 0 aliphatic heterocycles. The Labute approximate surface area is 164 Å². The molecular weight excluding hydrogens is 387 g/mol. The molecule has 2 heterocycles. The molecule has 136 valence electrons. The molecule has 0 saturated heterocycles. The zero-order valence-electron chi connectivity index (χ0n) is 14.0. The van der Waals surface area contributed by atoms with Gasteiger partial charge in [0.2, 0.25) is 5.91 Å². The topological polar surface area (TPSA) is 77.6 Å². The maximum Gasteiger partial charge on any atom is 0.247 e. The molecule has 0 atom stereocenters. The molecule has 0 fully saturated rings. The highest BCUT2D eigenvalue weighted by molar-refractivity contribution is 6.35. The van der Waals surface area contributed by atoms with Gasteiger partial charge in [-0.1, -0.05) is 46.6 Å². The highest BCUT2D eigenvalue weighted by Gasteiger charge is 2.10. The van der Waals surface area contributed by atoms with Crippen LogP contribution >= 0.6 is 23.2 Å². The van der Waals surface area contributed by atoms with Crippen molar-refractivity contribution in [2.45, 2.75) is 13.1 Å². The summed E-state index contributed by atoms with van der Waals surface area (Å²) in [6.45, 7) is 0.524. The third-order valence-corrected chi connectivity index (χ3v) is 4.56. The molecular formula is C18H14Cl2N6O. The normalized spacial score (nSPS) is 11.0. The van der Waals surface area contributed by atoms with Crippen LogP contribution in [-0.4, -0.2) is 30.7 Å². The van der Waals surface area contributed by atoms with Crippen LogP contribution in [0, 0.1) is 0 Å². The quantitative estimate of drug-likeness (QED) is 0.554. The molecule has 7 nitrogen and oxygen atoms in total. The number of nitrogens with one attached hydrogen (secondary N) is 1. The van der Waals surface area contributed by atoms with Gasteiger partial charge < -0.3 is 5.32 Å². The van der Waals surface area contributed by atoms with Crippen molar-refractivity contribution in [1.29, 1.82) is 0 Å². The summed E-state index contributed by atoms with van der Waals surface area (Å²) in [5.41, 5.74) is 2.43. The van der Waals surface area contributed by atoms with Gasteiger partial charge in [-0.15, -0.1) is 5.10 Å². The van der Waals surface area contributed by atoms with Crippen molar-refractivity contribution < 1.29 is 4.79 Å². The second-order valence-electron chi connectivity index (χ2n) is 5.92. The maximum absolute atomic E-state index is 12.3. The minimum atomic E-state index is -0.236. The number of hydrogen-bond acceptors (Lipinski definition) is 4. The second-order valence-corrected chi connectivity index (χ2v) is 6.76. The zero-order chi connectivity index (χ0) is 18.8. The minimum Gasteiger partial charge on any atom is -0.308 e. The number of carbonyl (C=O) groups is 1. The maximum atomic E-state index is 12.3. The van der Waals surface area contributed by atoms with Gasteiger partial charge in [0.15, 0.2) is 5.82 Å². The number of carbonyl (C=O) groups excluding carboxylic acids is 1. The van der Waals surface area contributed by atoms with Gasteiger partial charge in [0.05, 0.1) is 12.1 Å². The lowest BCUT2D eigenvalue weighted by atomic mass is 10.2. The van der Waals surface area contributed by atoms with E-state index in [1.807, 2.05) is 30.3 Å². The number of hydrogen-bond donors (Lipinski definition) is 1. The van der Waals surface area contributed by atoms with Gasteiger partial charge in [-0.2, -0.15) is 5.10 Å². The van der Waals surface area contributed by atoms with Crippen molar-refractivity contribution in [3.8, 4) is 0 Å². The van der Waals surface area contributed by atoms with E-state index in [0.29, 0.717) is 22.4 Å². The Kier molecular flexibility index (Phi) is 4.79. The molecule has 1 amide bonds. The molecule has 9 heteroatoms. The number of benzene rings is 2. The first kappa shape index (κ1) is 17.5. The van der Waals surface area contributed by atoms with E-state index < -0.39 is 0 Å². The van der Waals surface area contributed by atoms with E-state index in [0.717, 1.165) is 16.6 Å². The molecule has 0 radical (unpaired) electrons. The van der Waals surface area contributed by atoms with Crippen LogP contribution in [0.4, 0.5) is 5.82 Å². The molecule has 0 aliphatic rings. The molecule has 2 aromatic heterocycles. The van der Waals surface area contributed by atoms with E-state index in [4.69, 9.17) is 23.2 Å². The molecule has 0 saturated carbocycles. The van der Waals surface area contributed by atoms with Crippen molar-refractivity contribution in [2.24, 2.45) is 0 Å². The van der Waals surface area contributed by atoms with E-state index in [1.165, 1.54) is 0 Å². The number of fused-ring (bicyclic) bond motifs is 1. The van der Waals surface area contributed by atoms with Crippen LogP contribution in [0.3, 0.4) is 0 Å². The summed E-state index contributed by atoms with van der Waals surface area (Å²) in [5, 5.41) is 16.3. The summed E-state index contributed by atoms with van der Waals surface area (Å²) < 4.78 is 3.24. The van der Waals surface area contributed by atoms with Crippen molar-refractivity contribution in [1.82, 2.24) is 24.8 Å². The molecule has 0 aliphatic carbocycles. The van der Waals surface area contributed by atoms with E-state index in [-0.39, 0.29) is 12.5 Å². The summed E-state index contributed by atoms with van der Waals surface area (Å²) in [4.78, 5) is 12.3. The van der Waals surface area contributed by atoms with Crippen LogP contribution in [0.1, 0.15) is 5.56 Å². The monoisotopic (exact) mass is 400 g/mol. The second kappa shape index (κ2) is 7.38. The fourth-order valence-corrected chi connectivity index (χ4v) is 3.16. The van der Waals surface area contributed by atoms with Gasteiger partial charge in [0, 0.05) is 22.3 Å². The Balaban J connectivity index is 1.42. The van der Waals surface area contributed by atoms with Crippen LogP contribution in [-0.2, 0) is 17.9 Å². The number of aromatic nitrogens is 5. The summed E-state index contributed by atoms with van der Waals surface area (Å²) in [6, 6.07) is 14.5. The van der Waals surface area contributed by atoms with Gasteiger partial charge in [-0.3, -0.25) is 9.48 Å². The number of nitrogens with zero attached hydrogens (tertiary/aromatic N) is 5. The summed E-state index contributed by atoms with van der Waals surface area (Å²) in [6.07, 6.45) is 1.77. The van der Waals surface area contributed by atoms with Crippen molar-refractivity contribution in [2.75, 3.05) is 5.32 Å². The number of halogens is 2. The highest BCUT2D eigenvalue weighted by Crippen LogP contribution is 2.22. The number of anilines is 1. The van der Waals surface area contributed by atoms with Crippen molar-refractivity contribution in [3.05, 3.63) is 70.3 Å². The first-order valence-corrected chi connectivity index (χ1v) is 8.89. The molecule has 4 aromatic rings. The van der Waals surface area contributed by atoms with Crippen LogP contribution in [0.15, 0.2) is 54.7 Å². The lowest BCUT2D eigenvalue weighted by Gasteiger charge is -2.05. The molecule has 27 heavy (non-hydrogen) atoms. The average molecular weight is 401 g/mol. The largest absolute Gasteiger partial charge is 0.308 e. The Morgan fingerprint density at radius 3 is 2.81 bits per heavy atom. The summed E-state index contributed by atoms with van der Waals surface area (Å²) in [7, 11) is 0. The average Bonchev–Trinajstić information content (AvgIpc) is 3.25. The van der Waals surface area contributed by atoms with Gasteiger partial charge in [-0.05, 0) is 29.8 Å². The predicted molar refractivity (Wildman–Crippen MR) is 104 cm³/mol. The van der Waals surface area contributed by atoms with E-state index in [2.05, 4.69) is 20.7 Å². The predicted octanol–water partition coefficient (Wildman–Crippen LogP) is 3.62. The molecule has 0 unspecified atom stereocenters. The lowest BCUT2D eigenvalue weighted by molar-refractivity contribution is -0.116. The molecule has 0 bridgehead atoms. The van der Waals surface area contributed by atoms with E-state index in [1.54, 1.807) is 33.8 Å². The van der Waals surface area contributed by atoms with Crippen molar-refractivity contribution >= 4 is 46.0 Å². The van der Waals surface area contributed by atoms with Gasteiger partial charge in [-0.25, -0.2) is 4.68 Å². The third-order valence-electron chi connectivity index (χ3n) is 3.97. The number of rotatable bonds is 5. The molecule has 0 spiro atoms. The summed E-state index contributed by atoms with van der Waals surface area (Å²) >= 11 is 12.1. The fourth-order valence-electron chi connectivity index (χ4n) is 2.69. The Hall–Kier alpha value is -2.90. The van der Waals surface area contributed by atoms with Crippen molar-refractivity contribution in [3.63, 3.8) is 0 Å². The van der Waals surface area contributed by atoms with E-state index >= 15 is 0 Å². The smallest absolute Gasteiger partial charge is 0.247 e. The Morgan fingerprint density at radius 1 is 1.11 bits per heavy atom. The first-order chi connectivity index (χ1) is 13.1. The number of amides is 1. The first-order valence-electron chi connectivity index (χ1n) is 8.14. The van der Waals surface area contributed by atoms with Crippen LogP contribution in [0.25, 0.3) is 11.0 Å².